The highest BCUT2D eigenvalue weighted by molar-refractivity contribution is 5.93. The number of hydrogen-bond acceptors (Lipinski definition) is 2. The van der Waals surface area contributed by atoms with Gasteiger partial charge in [-0.2, -0.15) is 0 Å². The normalized spacial score (nSPS) is 20.0. The lowest BCUT2D eigenvalue weighted by Gasteiger charge is -2.19. The highest BCUT2D eigenvalue weighted by Gasteiger charge is 2.26. The van der Waals surface area contributed by atoms with E-state index in [0.29, 0.717) is 16.5 Å². The molecule has 0 aliphatic heterocycles. The minimum atomic E-state index is -1.75. The lowest BCUT2D eigenvalue weighted by molar-refractivity contribution is 0.253. The summed E-state index contributed by atoms with van der Waals surface area (Å²) in [6, 6.07) is 5.13. The summed E-state index contributed by atoms with van der Waals surface area (Å²) in [5, 5.41) is 11.3. The Morgan fingerprint density at radius 3 is 2.78 bits per heavy atom. The van der Waals surface area contributed by atoms with Crippen LogP contribution in [-0.4, -0.2) is 22.4 Å². The Labute approximate surface area is 158 Å². The van der Waals surface area contributed by atoms with Gasteiger partial charge in [0.05, 0.1) is 5.69 Å². The number of aromatic hydroxyl groups is 1. The third-order valence-electron chi connectivity index (χ3n) is 4.75. The van der Waals surface area contributed by atoms with Crippen LogP contribution in [0.3, 0.4) is 0 Å². The number of phenolic OH excluding ortho intramolecular Hbond substituents is 1. The largest absolute Gasteiger partial charge is 0.506 e. The number of allylic oxidation sites excluding steroid dienone is 7. The Kier molecular flexibility index (Phi) is 5.54. The minimum Gasteiger partial charge on any atom is -0.506 e. The van der Waals surface area contributed by atoms with Crippen LogP contribution in [-0.2, 0) is 0 Å². The third-order valence-corrected chi connectivity index (χ3v) is 4.75. The second-order valence-electron chi connectivity index (χ2n) is 6.72. The van der Waals surface area contributed by atoms with Crippen LogP contribution in [0, 0.1) is 6.92 Å². The van der Waals surface area contributed by atoms with E-state index in [1.807, 2.05) is 13.0 Å². The van der Waals surface area contributed by atoms with Gasteiger partial charge in [0.1, 0.15) is 11.3 Å². The number of rotatable bonds is 5. The molecule has 3 rings (SSSR count). The molecule has 1 aliphatic rings. The maximum Gasteiger partial charge on any atom is 0.160 e. The molecule has 2 unspecified atom stereocenters. The van der Waals surface area contributed by atoms with Gasteiger partial charge in [0.2, 0.25) is 0 Å². The van der Waals surface area contributed by atoms with Gasteiger partial charge in [-0.1, -0.05) is 44.2 Å². The molecule has 0 radical (unpaired) electrons. The molecule has 4 heteroatoms. The molecular weight excluding hydrogens is 344 g/mol. The van der Waals surface area contributed by atoms with Crippen LogP contribution in [0.25, 0.3) is 22.0 Å². The second-order valence-corrected chi connectivity index (χ2v) is 6.72. The van der Waals surface area contributed by atoms with Gasteiger partial charge >= 0.3 is 0 Å². The number of benzene rings is 1. The fourth-order valence-corrected chi connectivity index (χ4v) is 3.26. The standard InChI is InChI=1S/C23H23F2NO/c1-4-6-8-15(5-2)20-11-14(3)18-12-16(13-21(27)23(18)26-20)17-9-7-10-19(24)22(17)25/h5,7-13,19,22,27H,2,4,6H2,1,3H3/b15-8+. The fraction of sp³-hybridized carbons (Fsp3) is 0.261. The molecule has 0 bridgehead atoms. The molecule has 1 aromatic heterocycles. The summed E-state index contributed by atoms with van der Waals surface area (Å²) in [5.41, 5.74) is 3.67. The van der Waals surface area contributed by atoms with Crippen molar-refractivity contribution in [3.05, 3.63) is 72.0 Å². The molecule has 0 spiro atoms. The van der Waals surface area contributed by atoms with Gasteiger partial charge < -0.3 is 5.11 Å². The first-order valence-electron chi connectivity index (χ1n) is 9.10. The van der Waals surface area contributed by atoms with Gasteiger partial charge in [-0.05, 0) is 59.9 Å². The molecule has 1 aliphatic carbocycles. The maximum atomic E-state index is 14.3. The van der Waals surface area contributed by atoms with Crippen molar-refractivity contribution >= 4 is 22.0 Å². The monoisotopic (exact) mass is 367 g/mol. The van der Waals surface area contributed by atoms with Crippen LogP contribution in [0.4, 0.5) is 8.78 Å². The Morgan fingerprint density at radius 2 is 2.07 bits per heavy atom. The number of nitrogens with zero attached hydrogens (tertiary/aromatic N) is 1. The summed E-state index contributed by atoms with van der Waals surface area (Å²) in [6.45, 7) is 7.86. The average Bonchev–Trinajstić information content (AvgIpc) is 2.65. The molecule has 0 saturated heterocycles. The zero-order valence-corrected chi connectivity index (χ0v) is 15.5. The highest BCUT2D eigenvalue weighted by Crippen LogP contribution is 2.35. The summed E-state index contributed by atoms with van der Waals surface area (Å²) < 4.78 is 28.0. The second kappa shape index (κ2) is 7.87. The average molecular weight is 367 g/mol. The first-order valence-corrected chi connectivity index (χ1v) is 9.10. The van der Waals surface area contributed by atoms with Gasteiger partial charge in [-0.3, -0.25) is 0 Å². The molecule has 2 atom stereocenters. The van der Waals surface area contributed by atoms with E-state index in [-0.39, 0.29) is 11.3 Å². The van der Waals surface area contributed by atoms with Crippen molar-refractivity contribution in [1.82, 2.24) is 4.98 Å². The van der Waals surface area contributed by atoms with Gasteiger partial charge in [0.15, 0.2) is 12.3 Å². The molecule has 2 nitrogen and oxygen atoms in total. The van der Waals surface area contributed by atoms with Crippen molar-refractivity contribution < 1.29 is 13.9 Å². The van der Waals surface area contributed by atoms with Crippen LogP contribution in [0.1, 0.15) is 36.6 Å². The predicted molar refractivity (Wildman–Crippen MR) is 108 cm³/mol. The smallest absolute Gasteiger partial charge is 0.160 e. The maximum absolute atomic E-state index is 14.3. The van der Waals surface area contributed by atoms with Gasteiger partial charge in [-0.15, -0.1) is 0 Å². The molecule has 0 amide bonds. The zero-order chi connectivity index (χ0) is 19.6. The molecule has 1 N–H and O–H groups in total. The van der Waals surface area contributed by atoms with Crippen molar-refractivity contribution in [3.63, 3.8) is 0 Å². The molecule has 0 saturated carbocycles. The van der Waals surface area contributed by atoms with E-state index in [2.05, 4.69) is 24.6 Å². The summed E-state index contributed by atoms with van der Waals surface area (Å²) in [5.74, 6) is -0.0515. The fourth-order valence-electron chi connectivity index (χ4n) is 3.26. The first-order chi connectivity index (χ1) is 13.0. The number of phenols is 1. The first kappa shape index (κ1) is 19.0. The minimum absolute atomic E-state index is 0.0515. The predicted octanol–water partition coefficient (Wildman–Crippen LogP) is 6.25. The lowest BCUT2D eigenvalue weighted by Crippen LogP contribution is -2.19. The van der Waals surface area contributed by atoms with E-state index in [1.165, 1.54) is 18.2 Å². The lowest BCUT2D eigenvalue weighted by atomic mass is 9.92. The molecule has 27 heavy (non-hydrogen) atoms. The summed E-state index contributed by atoms with van der Waals surface area (Å²) in [4.78, 5) is 4.59. The van der Waals surface area contributed by atoms with Crippen molar-refractivity contribution in [2.24, 2.45) is 0 Å². The molecule has 1 heterocycles. The topological polar surface area (TPSA) is 33.1 Å². The quantitative estimate of drug-likeness (QED) is 0.634. The van der Waals surface area contributed by atoms with Crippen LogP contribution in [0.15, 0.2) is 55.2 Å². The molecule has 1 aromatic carbocycles. The van der Waals surface area contributed by atoms with Gasteiger partial charge in [-0.25, -0.2) is 13.8 Å². The summed E-state index contributed by atoms with van der Waals surface area (Å²) in [7, 11) is 0. The number of alkyl halides is 2. The molecule has 140 valence electrons. The number of aromatic nitrogens is 1. The molecule has 0 fully saturated rings. The molecule has 2 aromatic rings. The van der Waals surface area contributed by atoms with E-state index in [1.54, 1.807) is 18.2 Å². The number of hydrogen-bond donors (Lipinski definition) is 1. The van der Waals surface area contributed by atoms with Crippen molar-refractivity contribution in [2.75, 3.05) is 0 Å². The van der Waals surface area contributed by atoms with Crippen molar-refractivity contribution in [2.45, 2.75) is 39.0 Å². The number of aryl methyl sites for hydroxylation is 1. The summed E-state index contributed by atoms with van der Waals surface area (Å²) >= 11 is 0. The highest BCUT2D eigenvalue weighted by atomic mass is 19.2. The van der Waals surface area contributed by atoms with E-state index >= 15 is 0 Å². The third kappa shape index (κ3) is 3.70. The number of halogens is 2. The van der Waals surface area contributed by atoms with E-state index < -0.39 is 12.3 Å². The van der Waals surface area contributed by atoms with E-state index in [9.17, 15) is 13.9 Å². The Balaban J connectivity index is 2.14. The number of pyridine rings is 1. The SMILES string of the molecule is C=C/C(=C\CCC)c1cc(C)c2cc(C3=CC=CC(F)C3F)cc(O)c2n1. The summed E-state index contributed by atoms with van der Waals surface area (Å²) in [6.07, 6.45) is 6.56. The van der Waals surface area contributed by atoms with Crippen molar-refractivity contribution in [3.8, 4) is 5.75 Å². The van der Waals surface area contributed by atoms with Crippen LogP contribution in [0.2, 0.25) is 0 Å². The van der Waals surface area contributed by atoms with E-state index in [4.69, 9.17) is 0 Å². The van der Waals surface area contributed by atoms with Gasteiger partial charge in [0, 0.05) is 5.39 Å². The van der Waals surface area contributed by atoms with Gasteiger partial charge in [0.25, 0.3) is 0 Å². The number of fused-ring (bicyclic) bond motifs is 1. The number of unbranched alkanes of at least 4 members (excludes halogenated alkanes) is 1. The zero-order valence-electron chi connectivity index (χ0n) is 15.5. The Hall–Kier alpha value is -2.75. The van der Waals surface area contributed by atoms with Crippen molar-refractivity contribution in [1.29, 1.82) is 0 Å². The van der Waals surface area contributed by atoms with Crippen LogP contribution < -0.4 is 0 Å². The molecular formula is C23H23F2NO. The Morgan fingerprint density at radius 1 is 1.30 bits per heavy atom. The van der Waals surface area contributed by atoms with E-state index in [0.717, 1.165) is 29.7 Å². The Bertz CT molecular complexity index is 972. The van der Waals surface area contributed by atoms with Crippen LogP contribution in [0.5, 0.6) is 5.75 Å². The van der Waals surface area contributed by atoms with Crippen LogP contribution >= 0.6 is 0 Å².